The number of aryl methyl sites for hydroxylation is 1. The fourth-order valence-corrected chi connectivity index (χ4v) is 3.02. The van der Waals surface area contributed by atoms with Gasteiger partial charge in [-0.25, -0.2) is 4.98 Å². The lowest BCUT2D eigenvalue weighted by Gasteiger charge is -2.10. The molecule has 3 heterocycles. The Balaban J connectivity index is 1.60. The van der Waals surface area contributed by atoms with E-state index in [1.165, 1.54) is 0 Å². The number of fused-ring (bicyclic) bond motifs is 1. The van der Waals surface area contributed by atoms with Crippen molar-refractivity contribution in [2.45, 2.75) is 19.5 Å². The van der Waals surface area contributed by atoms with Crippen LogP contribution in [0.4, 0.5) is 0 Å². The Kier molecular flexibility index (Phi) is 4.70. The molecule has 0 aliphatic carbocycles. The zero-order chi connectivity index (χ0) is 17.8. The maximum atomic E-state index is 5.12. The van der Waals surface area contributed by atoms with Crippen molar-refractivity contribution in [2.75, 3.05) is 13.7 Å². The molecule has 0 atom stereocenters. The van der Waals surface area contributed by atoms with Crippen LogP contribution in [-0.4, -0.2) is 43.0 Å². The molecular weight excluding hydrogens is 328 g/mol. The van der Waals surface area contributed by atoms with Crippen LogP contribution in [0.3, 0.4) is 0 Å². The first-order chi connectivity index (χ1) is 12.8. The molecule has 26 heavy (non-hydrogen) atoms. The van der Waals surface area contributed by atoms with Crippen LogP contribution in [0, 0.1) is 0 Å². The van der Waals surface area contributed by atoms with Gasteiger partial charge in [-0.2, -0.15) is 0 Å². The van der Waals surface area contributed by atoms with Gasteiger partial charge in [-0.15, -0.1) is 10.2 Å². The number of aromatic nitrogens is 6. The van der Waals surface area contributed by atoms with Gasteiger partial charge in [-0.1, -0.05) is 18.2 Å². The molecule has 7 heteroatoms. The van der Waals surface area contributed by atoms with Crippen LogP contribution in [0.2, 0.25) is 0 Å². The molecule has 3 aromatic heterocycles. The second-order valence-corrected chi connectivity index (χ2v) is 6.08. The predicted octanol–water partition coefficient (Wildman–Crippen LogP) is 2.77. The summed E-state index contributed by atoms with van der Waals surface area (Å²) in [6.45, 7) is 2.17. The molecule has 0 fully saturated rings. The molecule has 0 amide bonds. The quantitative estimate of drug-likeness (QED) is 0.480. The van der Waals surface area contributed by atoms with Crippen LogP contribution < -0.4 is 0 Å². The monoisotopic (exact) mass is 348 g/mol. The molecule has 1 aromatic carbocycles. The van der Waals surface area contributed by atoms with Crippen molar-refractivity contribution < 1.29 is 4.74 Å². The fourth-order valence-electron chi connectivity index (χ4n) is 3.02. The van der Waals surface area contributed by atoms with E-state index in [9.17, 15) is 0 Å². The molecule has 4 rings (SSSR count). The summed E-state index contributed by atoms with van der Waals surface area (Å²) < 4.78 is 9.27. The number of rotatable bonds is 7. The lowest BCUT2D eigenvalue weighted by Crippen LogP contribution is -2.10. The van der Waals surface area contributed by atoms with E-state index in [1.54, 1.807) is 19.6 Å². The third-order valence-electron chi connectivity index (χ3n) is 4.33. The van der Waals surface area contributed by atoms with Gasteiger partial charge in [0.15, 0.2) is 5.82 Å². The van der Waals surface area contributed by atoms with Crippen molar-refractivity contribution in [3.8, 4) is 11.4 Å². The molecule has 0 aliphatic heterocycles. The lowest BCUT2D eigenvalue weighted by atomic mass is 10.1. The molecule has 0 saturated carbocycles. The highest BCUT2D eigenvalue weighted by atomic mass is 16.5. The Labute approximate surface area is 151 Å². The van der Waals surface area contributed by atoms with Crippen molar-refractivity contribution in [3.05, 3.63) is 61.1 Å². The number of benzene rings is 1. The van der Waals surface area contributed by atoms with Crippen LogP contribution >= 0.6 is 0 Å². The van der Waals surface area contributed by atoms with E-state index in [1.807, 2.05) is 18.5 Å². The van der Waals surface area contributed by atoms with E-state index >= 15 is 0 Å². The fraction of sp³-hybridized carbons (Fsp3) is 0.263. The summed E-state index contributed by atoms with van der Waals surface area (Å²) in [4.78, 5) is 8.97. The van der Waals surface area contributed by atoms with Crippen LogP contribution in [-0.2, 0) is 17.8 Å². The van der Waals surface area contributed by atoms with Crippen molar-refractivity contribution in [1.82, 2.24) is 29.3 Å². The van der Waals surface area contributed by atoms with Crippen molar-refractivity contribution in [1.29, 1.82) is 0 Å². The Morgan fingerprint density at radius 3 is 2.96 bits per heavy atom. The molecule has 0 bridgehead atoms. The molecule has 132 valence electrons. The number of methoxy groups -OCH3 is 1. The van der Waals surface area contributed by atoms with E-state index < -0.39 is 0 Å². The number of hydrogen-bond donors (Lipinski definition) is 0. The first-order valence-corrected chi connectivity index (χ1v) is 8.57. The second-order valence-electron chi connectivity index (χ2n) is 6.08. The van der Waals surface area contributed by atoms with Gasteiger partial charge < -0.3 is 13.9 Å². The largest absolute Gasteiger partial charge is 0.385 e. The maximum absolute atomic E-state index is 5.12. The standard InChI is InChI=1S/C19H20N6O/c1-26-11-3-9-25-14-22-23-18(25)13-24-10-8-21-19(24)16-6-5-15-4-2-7-20-17(15)12-16/h2,4-8,10,12,14H,3,9,11,13H2,1H3. The number of hydrogen-bond acceptors (Lipinski definition) is 5. The summed E-state index contributed by atoms with van der Waals surface area (Å²) in [6, 6.07) is 10.2. The minimum absolute atomic E-state index is 0.614. The van der Waals surface area contributed by atoms with Gasteiger partial charge in [0.05, 0.1) is 12.1 Å². The van der Waals surface area contributed by atoms with Gasteiger partial charge in [0.2, 0.25) is 0 Å². The van der Waals surface area contributed by atoms with E-state index in [0.717, 1.165) is 47.7 Å². The zero-order valence-corrected chi connectivity index (χ0v) is 14.6. The lowest BCUT2D eigenvalue weighted by molar-refractivity contribution is 0.190. The van der Waals surface area contributed by atoms with E-state index in [4.69, 9.17) is 4.74 Å². The number of pyridine rings is 1. The van der Waals surface area contributed by atoms with Gasteiger partial charge in [0.25, 0.3) is 0 Å². The minimum atomic E-state index is 0.614. The highest BCUT2D eigenvalue weighted by Gasteiger charge is 2.11. The van der Waals surface area contributed by atoms with Crippen molar-refractivity contribution in [2.24, 2.45) is 0 Å². The number of ether oxygens (including phenoxy) is 1. The van der Waals surface area contributed by atoms with Gasteiger partial charge >= 0.3 is 0 Å². The summed E-state index contributed by atoms with van der Waals surface area (Å²) in [5.41, 5.74) is 1.99. The third-order valence-corrected chi connectivity index (χ3v) is 4.33. The van der Waals surface area contributed by atoms with E-state index in [0.29, 0.717) is 6.54 Å². The third kappa shape index (κ3) is 3.34. The van der Waals surface area contributed by atoms with Crippen molar-refractivity contribution in [3.63, 3.8) is 0 Å². The topological polar surface area (TPSA) is 70.7 Å². The molecule has 0 saturated heterocycles. The Hall–Kier alpha value is -3.06. The van der Waals surface area contributed by atoms with Gasteiger partial charge in [0.1, 0.15) is 12.2 Å². The summed E-state index contributed by atoms with van der Waals surface area (Å²) in [7, 11) is 1.71. The van der Waals surface area contributed by atoms with E-state index in [-0.39, 0.29) is 0 Å². The smallest absolute Gasteiger partial charge is 0.152 e. The summed E-state index contributed by atoms with van der Waals surface area (Å²) >= 11 is 0. The molecule has 4 aromatic rings. The SMILES string of the molecule is COCCCn1cnnc1Cn1ccnc1-c1ccc2cccnc2c1. The first-order valence-electron chi connectivity index (χ1n) is 8.57. The van der Waals surface area contributed by atoms with E-state index in [2.05, 4.69) is 53.6 Å². The van der Waals surface area contributed by atoms with Crippen LogP contribution in [0.25, 0.3) is 22.3 Å². The molecule has 0 spiro atoms. The molecule has 0 aliphatic rings. The van der Waals surface area contributed by atoms with Crippen molar-refractivity contribution >= 4 is 10.9 Å². The molecule has 7 nitrogen and oxygen atoms in total. The van der Waals surface area contributed by atoms with Crippen LogP contribution in [0.1, 0.15) is 12.2 Å². The average Bonchev–Trinajstić information content (AvgIpc) is 3.32. The minimum Gasteiger partial charge on any atom is -0.385 e. The molecular formula is C19H20N6O. The molecule has 0 unspecified atom stereocenters. The molecule has 0 radical (unpaired) electrons. The highest BCUT2D eigenvalue weighted by molar-refractivity contribution is 5.82. The summed E-state index contributed by atoms with van der Waals surface area (Å²) in [5, 5.41) is 9.44. The zero-order valence-electron chi connectivity index (χ0n) is 14.6. The molecule has 0 N–H and O–H groups in total. The Morgan fingerprint density at radius 2 is 2.04 bits per heavy atom. The predicted molar refractivity (Wildman–Crippen MR) is 98.6 cm³/mol. The Morgan fingerprint density at radius 1 is 1.08 bits per heavy atom. The first kappa shape index (κ1) is 16.4. The van der Waals surface area contributed by atoms with Crippen LogP contribution in [0.15, 0.2) is 55.2 Å². The summed E-state index contributed by atoms with van der Waals surface area (Å²) in [6.07, 6.45) is 8.27. The number of nitrogens with zero attached hydrogens (tertiary/aromatic N) is 6. The normalized spacial score (nSPS) is 11.3. The van der Waals surface area contributed by atoms with Gasteiger partial charge in [0, 0.05) is 49.8 Å². The Bertz CT molecular complexity index is 1010. The highest BCUT2D eigenvalue weighted by Crippen LogP contribution is 2.22. The maximum Gasteiger partial charge on any atom is 0.152 e. The second kappa shape index (κ2) is 7.45. The average molecular weight is 348 g/mol. The number of imidazole rings is 1. The van der Waals surface area contributed by atoms with Crippen LogP contribution in [0.5, 0.6) is 0 Å². The summed E-state index contributed by atoms with van der Waals surface area (Å²) in [5.74, 6) is 1.79. The van der Waals surface area contributed by atoms with Gasteiger partial charge in [-0.3, -0.25) is 4.98 Å². The van der Waals surface area contributed by atoms with Gasteiger partial charge in [-0.05, 0) is 18.6 Å².